The number of hydrogen-bond acceptors (Lipinski definition) is 2. The Morgan fingerprint density at radius 1 is 1.05 bits per heavy atom. The van der Waals surface area contributed by atoms with Crippen LogP contribution >= 0.6 is 0 Å². The van der Waals surface area contributed by atoms with Gasteiger partial charge in [0, 0.05) is 11.3 Å². The molecule has 4 N–H and O–H groups in total. The molecule has 0 aromatic heterocycles. The number of hydrogen-bond donors (Lipinski definition) is 2. The molecule has 2 aromatic rings. The van der Waals surface area contributed by atoms with Crippen molar-refractivity contribution in [3.63, 3.8) is 0 Å². The van der Waals surface area contributed by atoms with Gasteiger partial charge in [-0.1, -0.05) is 44.2 Å². The van der Waals surface area contributed by atoms with Crippen LogP contribution in [-0.2, 0) is 0 Å². The van der Waals surface area contributed by atoms with Crippen molar-refractivity contribution in [2.45, 2.75) is 19.8 Å². The predicted octanol–water partition coefficient (Wildman–Crippen LogP) is 3.16. The van der Waals surface area contributed by atoms with Crippen molar-refractivity contribution in [3.8, 4) is 11.1 Å². The molecule has 0 aliphatic rings. The monoisotopic (exact) mass is 254 g/mol. The van der Waals surface area contributed by atoms with Gasteiger partial charge in [-0.05, 0) is 34.7 Å². The molecule has 2 rings (SSSR count). The molecular weight excluding hydrogens is 236 g/mol. The molecular formula is C16H18N2O. The van der Waals surface area contributed by atoms with Crippen molar-refractivity contribution in [3.05, 3.63) is 53.6 Å². The Morgan fingerprint density at radius 3 is 2.37 bits per heavy atom. The molecule has 98 valence electrons. The Balaban J connectivity index is 2.69. The summed E-state index contributed by atoms with van der Waals surface area (Å²) in [6, 6.07) is 13.3. The zero-order chi connectivity index (χ0) is 14.0. The highest BCUT2D eigenvalue weighted by Crippen LogP contribution is 2.32. The first-order valence-electron chi connectivity index (χ1n) is 6.29. The normalized spacial score (nSPS) is 10.7. The summed E-state index contributed by atoms with van der Waals surface area (Å²) in [5, 5.41) is 0. The standard InChI is InChI=1S/C16H18N2O/c1-10(2)12-5-3-4-6-13(12)14-8-7-11(17)9-15(14)16(18)19/h3-10H,17H2,1-2H3,(H2,18,19). The molecule has 0 aliphatic heterocycles. The lowest BCUT2D eigenvalue weighted by Crippen LogP contribution is -2.13. The lowest BCUT2D eigenvalue weighted by molar-refractivity contribution is 0.100. The smallest absolute Gasteiger partial charge is 0.249 e. The molecule has 0 heterocycles. The Labute approximate surface area is 113 Å². The zero-order valence-electron chi connectivity index (χ0n) is 11.2. The van der Waals surface area contributed by atoms with Gasteiger partial charge >= 0.3 is 0 Å². The minimum atomic E-state index is -0.458. The summed E-state index contributed by atoms with van der Waals surface area (Å²) in [6.07, 6.45) is 0. The van der Waals surface area contributed by atoms with E-state index in [-0.39, 0.29) is 0 Å². The topological polar surface area (TPSA) is 69.1 Å². The largest absolute Gasteiger partial charge is 0.399 e. The number of primary amides is 1. The van der Waals surface area contributed by atoms with Crippen LogP contribution in [0.25, 0.3) is 11.1 Å². The van der Waals surface area contributed by atoms with Crippen LogP contribution in [0.3, 0.4) is 0 Å². The first kappa shape index (κ1) is 13.1. The first-order chi connectivity index (χ1) is 9.00. The van der Waals surface area contributed by atoms with Crippen LogP contribution < -0.4 is 11.5 Å². The van der Waals surface area contributed by atoms with Gasteiger partial charge in [-0.15, -0.1) is 0 Å². The third-order valence-corrected chi connectivity index (χ3v) is 3.18. The Morgan fingerprint density at radius 2 is 1.74 bits per heavy atom. The zero-order valence-corrected chi connectivity index (χ0v) is 11.2. The van der Waals surface area contributed by atoms with Gasteiger partial charge in [0.2, 0.25) is 5.91 Å². The average Bonchev–Trinajstić information content (AvgIpc) is 2.38. The second-order valence-corrected chi connectivity index (χ2v) is 4.91. The van der Waals surface area contributed by atoms with Gasteiger partial charge in [0.1, 0.15) is 0 Å². The maximum atomic E-state index is 11.6. The lowest BCUT2D eigenvalue weighted by atomic mass is 9.90. The maximum Gasteiger partial charge on any atom is 0.249 e. The van der Waals surface area contributed by atoms with Crippen molar-refractivity contribution >= 4 is 11.6 Å². The fourth-order valence-corrected chi connectivity index (χ4v) is 2.25. The van der Waals surface area contributed by atoms with E-state index in [0.717, 1.165) is 11.1 Å². The highest BCUT2D eigenvalue weighted by Gasteiger charge is 2.14. The summed E-state index contributed by atoms with van der Waals surface area (Å²) in [4.78, 5) is 11.6. The third-order valence-electron chi connectivity index (χ3n) is 3.18. The summed E-state index contributed by atoms with van der Waals surface area (Å²) in [6.45, 7) is 4.25. The van der Waals surface area contributed by atoms with E-state index >= 15 is 0 Å². The van der Waals surface area contributed by atoms with Crippen LogP contribution in [0, 0.1) is 0 Å². The molecule has 1 amide bonds. The van der Waals surface area contributed by atoms with Crippen molar-refractivity contribution in [1.82, 2.24) is 0 Å². The molecule has 2 aromatic carbocycles. The Bertz CT molecular complexity index is 618. The quantitative estimate of drug-likeness (QED) is 0.826. The Hall–Kier alpha value is -2.29. The van der Waals surface area contributed by atoms with Crippen LogP contribution in [-0.4, -0.2) is 5.91 Å². The van der Waals surface area contributed by atoms with Gasteiger partial charge in [-0.25, -0.2) is 0 Å². The number of nitrogens with two attached hydrogens (primary N) is 2. The van der Waals surface area contributed by atoms with E-state index in [1.165, 1.54) is 5.56 Å². The van der Waals surface area contributed by atoms with E-state index in [2.05, 4.69) is 19.9 Å². The maximum absolute atomic E-state index is 11.6. The molecule has 0 fully saturated rings. The van der Waals surface area contributed by atoms with Crippen molar-refractivity contribution in [2.24, 2.45) is 5.73 Å². The molecule has 0 saturated heterocycles. The Kier molecular flexibility index (Phi) is 3.56. The van der Waals surface area contributed by atoms with Gasteiger partial charge in [0.25, 0.3) is 0 Å². The van der Waals surface area contributed by atoms with Crippen molar-refractivity contribution in [1.29, 1.82) is 0 Å². The second kappa shape index (κ2) is 5.14. The third kappa shape index (κ3) is 2.60. The van der Waals surface area contributed by atoms with Gasteiger partial charge in [0.15, 0.2) is 0 Å². The molecule has 0 atom stereocenters. The van der Waals surface area contributed by atoms with E-state index in [4.69, 9.17) is 11.5 Å². The summed E-state index contributed by atoms with van der Waals surface area (Å²) in [5.41, 5.74) is 15.3. The average molecular weight is 254 g/mol. The highest BCUT2D eigenvalue weighted by molar-refractivity contribution is 6.01. The van der Waals surface area contributed by atoms with E-state index in [9.17, 15) is 4.79 Å². The van der Waals surface area contributed by atoms with E-state index in [1.807, 2.05) is 24.3 Å². The number of anilines is 1. The van der Waals surface area contributed by atoms with Crippen molar-refractivity contribution in [2.75, 3.05) is 5.73 Å². The van der Waals surface area contributed by atoms with Crippen LogP contribution in [0.2, 0.25) is 0 Å². The molecule has 0 radical (unpaired) electrons. The predicted molar refractivity (Wildman–Crippen MR) is 78.9 cm³/mol. The first-order valence-corrected chi connectivity index (χ1v) is 6.29. The molecule has 0 aliphatic carbocycles. The molecule has 3 nitrogen and oxygen atoms in total. The van der Waals surface area contributed by atoms with Crippen LogP contribution in [0.1, 0.15) is 35.7 Å². The molecule has 3 heteroatoms. The van der Waals surface area contributed by atoms with Crippen LogP contribution in [0.4, 0.5) is 5.69 Å². The SMILES string of the molecule is CC(C)c1ccccc1-c1ccc(N)cc1C(N)=O. The second-order valence-electron chi connectivity index (χ2n) is 4.91. The fraction of sp³-hybridized carbons (Fsp3) is 0.188. The van der Waals surface area contributed by atoms with E-state index < -0.39 is 5.91 Å². The number of amides is 1. The minimum Gasteiger partial charge on any atom is -0.399 e. The van der Waals surface area contributed by atoms with Gasteiger partial charge in [0.05, 0.1) is 0 Å². The summed E-state index contributed by atoms with van der Waals surface area (Å²) in [7, 11) is 0. The summed E-state index contributed by atoms with van der Waals surface area (Å²) in [5.74, 6) is -0.0876. The van der Waals surface area contributed by atoms with E-state index in [1.54, 1.807) is 12.1 Å². The molecule has 0 unspecified atom stereocenters. The fourth-order valence-electron chi connectivity index (χ4n) is 2.25. The summed E-state index contributed by atoms with van der Waals surface area (Å²) < 4.78 is 0. The number of benzene rings is 2. The number of carbonyl (C=O) groups is 1. The van der Waals surface area contributed by atoms with Crippen LogP contribution in [0.5, 0.6) is 0 Å². The van der Waals surface area contributed by atoms with Gasteiger partial charge in [-0.3, -0.25) is 4.79 Å². The number of carbonyl (C=O) groups excluding carboxylic acids is 1. The van der Waals surface area contributed by atoms with Gasteiger partial charge in [-0.2, -0.15) is 0 Å². The molecule has 0 saturated carbocycles. The van der Waals surface area contributed by atoms with Crippen LogP contribution in [0.15, 0.2) is 42.5 Å². The van der Waals surface area contributed by atoms with Crippen molar-refractivity contribution < 1.29 is 4.79 Å². The van der Waals surface area contributed by atoms with Gasteiger partial charge < -0.3 is 11.5 Å². The molecule has 0 bridgehead atoms. The number of nitrogen functional groups attached to an aromatic ring is 1. The summed E-state index contributed by atoms with van der Waals surface area (Å²) >= 11 is 0. The number of rotatable bonds is 3. The molecule has 0 spiro atoms. The minimum absolute atomic E-state index is 0.370. The lowest BCUT2D eigenvalue weighted by Gasteiger charge is -2.15. The molecule has 19 heavy (non-hydrogen) atoms. The highest BCUT2D eigenvalue weighted by atomic mass is 16.1. The van der Waals surface area contributed by atoms with E-state index in [0.29, 0.717) is 17.2 Å².